The molecule has 4 aliphatic carbocycles. The van der Waals surface area contributed by atoms with Crippen LogP contribution < -0.4 is 11.2 Å². The second-order valence-corrected chi connectivity index (χ2v) is 10.6. The number of allylic oxidation sites excluding steroid dienone is 1. The van der Waals surface area contributed by atoms with Crippen molar-refractivity contribution in [2.45, 2.75) is 85.2 Å². The maximum absolute atomic E-state index is 11.4. The molecule has 166 valence electrons. The highest BCUT2D eigenvalue weighted by Gasteiger charge is 2.59. The third-order valence-electron chi connectivity index (χ3n) is 9.24. The fourth-order valence-corrected chi connectivity index (χ4v) is 7.87. The van der Waals surface area contributed by atoms with E-state index in [9.17, 15) is 9.59 Å². The predicted molar refractivity (Wildman–Crippen MR) is 117 cm³/mol. The van der Waals surface area contributed by atoms with Crippen molar-refractivity contribution in [1.82, 2.24) is 5.43 Å². The number of primary amides is 1. The summed E-state index contributed by atoms with van der Waals surface area (Å²) >= 11 is 0. The van der Waals surface area contributed by atoms with Gasteiger partial charge in [0.25, 0.3) is 0 Å². The molecular formula is C24H37N3O3. The quantitative estimate of drug-likeness (QED) is 0.307. The summed E-state index contributed by atoms with van der Waals surface area (Å²) in [6.45, 7) is 8.48. The number of hydrazone groups is 1. The molecule has 0 aliphatic heterocycles. The number of ether oxygens (including phenoxy) is 1. The highest BCUT2D eigenvalue weighted by Crippen LogP contribution is 2.66. The van der Waals surface area contributed by atoms with E-state index in [2.05, 4.69) is 30.5 Å². The molecule has 0 radical (unpaired) electrons. The van der Waals surface area contributed by atoms with Gasteiger partial charge in [-0.2, -0.15) is 5.10 Å². The third-order valence-corrected chi connectivity index (χ3v) is 9.24. The Balaban J connectivity index is 1.54. The number of nitrogens with two attached hydrogens (primary N) is 1. The summed E-state index contributed by atoms with van der Waals surface area (Å²) in [6.07, 6.45) is 11.5. The number of urea groups is 1. The predicted octanol–water partition coefficient (Wildman–Crippen LogP) is 4.54. The van der Waals surface area contributed by atoms with Crippen molar-refractivity contribution < 1.29 is 14.3 Å². The lowest BCUT2D eigenvalue weighted by Crippen LogP contribution is -2.51. The first-order chi connectivity index (χ1) is 14.1. The Morgan fingerprint density at radius 3 is 2.60 bits per heavy atom. The van der Waals surface area contributed by atoms with E-state index in [0.29, 0.717) is 23.7 Å². The largest absolute Gasteiger partial charge is 0.462 e. The molecule has 0 saturated heterocycles. The lowest BCUT2D eigenvalue weighted by atomic mass is 9.47. The van der Waals surface area contributed by atoms with Crippen LogP contribution in [0.15, 0.2) is 16.8 Å². The van der Waals surface area contributed by atoms with E-state index in [1.807, 2.05) is 6.92 Å². The molecule has 0 spiro atoms. The van der Waals surface area contributed by atoms with E-state index in [1.54, 1.807) is 0 Å². The van der Waals surface area contributed by atoms with E-state index in [1.165, 1.54) is 31.8 Å². The molecule has 7 atom stereocenters. The molecule has 0 aromatic rings. The molecule has 0 unspecified atom stereocenters. The third kappa shape index (κ3) is 3.46. The minimum Gasteiger partial charge on any atom is -0.462 e. The summed E-state index contributed by atoms with van der Waals surface area (Å²) in [4.78, 5) is 22.5. The number of nitrogens with one attached hydrogen (secondary N) is 1. The van der Waals surface area contributed by atoms with Crippen molar-refractivity contribution in [1.29, 1.82) is 0 Å². The van der Waals surface area contributed by atoms with Crippen LogP contribution in [0.25, 0.3) is 0 Å². The molecule has 4 rings (SSSR count). The van der Waals surface area contributed by atoms with E-state index in [0.717, 1.165) is 37.8 Å². The first-order valence-corrected chi connectivity index (χ1v) is 11.6. The molecule has 2 amide bonds. The molecule has 6 heteroatoms. The monoisotopic (exact) mass is 415 g/mol. The fraction of sp³-hybridized carbons (Fsp3) is 0.792. The van der Waals surface area contributed by atoms with Crippen LogP contribution in [0.2, 0.25) is 0 Å². The number of carbonyl (C=O) groups is 2. The molecule has 4 aliphatic rings. The molecule has 0 heterocycles. The van der Waals surface area contributed by atoms with Crippen LogP contribution in [0.3, 0.4) is 0 Å². The Hall–Kier alpha value is -1.85. The standard InChI is InChI=1S/C24H37N3O3/c1-14(26-27-22(25)29)19-7-8-20-18-6-5-16-13-17(30-15(2)28)9-11-23(16,3)21(18)10-12-24(19,20)4/h5,17-21H,6-13H2,1-4H3,(H3,25,27,29)/b26-14-/t17-,18+,19-,20+,21+,23-,24-/m0/s1. The number of carbonyl (C=O) groups excluding carboxylic acids is 2. The zero-order chi connectivity index (χ0) is 21.7. The van der Waals surface area contributed by atoms with Crippen LogP contribution >= 0.6 is 0 Å². The summed E-state index contributed by atoms with van der Waals surface area (Å²) in [6, 6.07) is -0.597. The zero-order valence-corrected chi connectivity index (χ0v) is 18.9. The molecule has 0 bridgehead atoms. The number of nitrogens with zero attached hydrogens (tertiary/aromatic N) is 1. The maximum atomic E-state index is 11.4. The van der Waals surface area contributed by atoms with Gasteiger partial charge in [0, 0.05) is 25.0 Å². The van der Waals surface area contributed by atoms with Gasteiger partial charge < -0.3 is 10.5 Å². The summed E-state index contributed by atoms with van der Waals surface area (Å²) in [5, 5.41) is 4.30. The van der Waals surface area contributed by atoms with Gasteiger partial charge in [0.15, 0.2) is 0 Å². The molecule has 0 aromatic heterocycles. The van der Waals surface area contributed by atoms with Gasteiger partial charge in [-0.25, -0.2) is 10.2 Å². The fourth-order valence-electron chi connectivity index (χ4n) is 7.87. The SMILES string of the molecule is CC(=O)O[C@H]1CC[C@@]2(C)C(=CC[C@@H]3[C@H]4CC[C@@H](/C(C)=N\NC(N)=O)[C@]4(C)CC[C@H]32)C1. The van der Waals surface area contributed by atoms with Crippen LogP contribution in [0, 0.1) is 34.5 Å². The van der Waals surface area contributed by atoms with Crippen molar-refractivity contribution in [2.24, 2.45) is 45.3 Å². The molecule has 0 aromatic carbocycles. The van der Waals surface area contributed by atoms with Gasteiger partial charge in [0.05, 0.1) is 0 Å². The molecular weight excluding hydrogens is 378 g/mol. The average Bonchev–Trinajstić information content (AvgIpc) is 3.03. The van der Waals surface area contributed by atoms with Gasteiger partial charge in [-0.05, 0) is 80.5 Å². The van der Waals surface area contributed by atoms with Crippen LogP contribution in [-0.2, 0) is 9.53 Å². The van der Waals surface area contributed by atoms with E-state index in [4.69, 9.17) is 10.5 Å². The van der Waals surface area contributed by atoms with Gasteiger partial charge in [-0.3, -0.25) is 4.79 Å². The maximum Gasteiger partial charge on any atom is 0.332 e. The molecule has 6 nitrogen and oxygen atoms in total. The van der Waals surface area contributed by atoms with Crippen molar-refractivity contribution in [3.63, 3.8) is 0 Å². The number of rotatable bonds is 3. The molecule has 3 fully saturated rings. The topological polar surface area (TPSA) is 93.8 Å². The second-order valence-electron chi connectivity index (χ2n) is 10.6. The lowest BCUT2D eigenvalue weighted by molar-refractivity contribution is -0.148. The van der Waals surface area contributed by atoms with Crippen LogP contribution in [0.5, 0.6) is 0 Å². The number of hydrogen-bond acceptors (Lipinski definition) is 4. The Morgan fingerprint density at radius 2 is 1.90 bits per heavy atom. The van der Waals surface area contributed by atoms with Crippen LogP contribution in [0.1, 0.15) is 79.1 Å². The molecule has 3 N–H and O–H groups in total. The number of hydrogen-bond donors (Lipinski definition) is 2. The van der Waals surface area contributed by atoms with Gasteiger partial charge in [0.2, 0.25) is 0 Å². The normalized spacial score (nSPS) is 43.0. The van der Waals surface area contributed by atoms with Crippen LogP contribution in [0.4, 0.5) is 4.79 Å². The van der Waals surface area contributed by atoms with Gasteiger partial charge in [-0.15, -0.1) is 0 Å². The minimum atomic E-state index is -0.597. The second kappa shape index (κ2) is 7.69. The minimum absolute atomic E-state index is 0.0553. The Morgan fingerprint density at radius 1 is 1.13 bits per heavy atom. The Kier molecular flexibility index (Phi) is 5.48. The van der Waals surface area contributed by atoms with E-state index < -0.39 is 6.03 Å². The van der Waals surface area contributed by atoms with Crippen molar-refractivity contribution in [3.8, 4) is 0 Å². The molecule has 30 heavy (non-hydrogen) atoms. The van der Waals surface area contributed by atoms with Gasteiger partial charge in [0.1, 0.15) is 6.10 Å². The highest BCUT2D eigenvalue weighted by molar-refractivity contribution is 5.86. The smallest absolute Gasteiger partial charge is 0.332 e. The first kappa shape index (κ1) is 21.4. The van der Waals surface area contributed by atoms with E-state index >= 15 is 0 Å². The summed E-state index contributed by atoms with van der Waals surface area (Å²) in [5.74, 6) is 2.37. The van der Waals surface area contributed by atoms with Crippen molar-refractivity contribution >= 4 is 17.7 Å². The number of amides is 2. The van der Waals surface area contributed by atoms with Crippen molar-refractivity contribution in [3.05, 3.63) is 11.6 Å². The van der Waals surface area contributed by atoms with Gasteiger partial charge in [-0.1, -0.05) is 25.5 Å². The Labute approximate surface area is 180 Å². The van der Waals surface area contributed by atoms with Gasteiger partial charge >= 0.3 is 12.0 Å². The average molecular weight is 416 g/mol. The number of fused-ring (bicyclic) bond motifs is 5. The summed E-state index contributed by atoms with van der Waals surface area (Å²) < 4.78 is 5.56. The zero-order valence-electron chi connectivity index (χ0n) is 18.9. The van der Waals surface area contributed by atoms with Crippen LogP contribution in [-0.4, -0.2) is 23.8 Å². The molecule has 3 saturated carbocycles. The summed E-state index contributed by atoms with van der Waals surface area (Å²) in [7, 11) is 0. The highest BCUT2D eigenvalue weighted by atomic mass is 16.5. The number of esters is 1. The Bertz CT molecular complexity index is 791. The summed E-state index contributed by atoms with van der Waals surface area (Å²) in [5.41, 5.74) is 10.7. The van der Waals surface area contributed by atoms with E-state index in [-0.39, 0.29) is 22.9 Å². The first-order valence-electron chi connectivity index (χ1n) is 11.6. The lowest BCUT2D eigenvalue weighted by Gasteiger charge is -2.58. The van der Waals surface area contributed by atoms with Crippen molar-refractivity contribution in [2.75, 3.05) is 0 Å².